The number of hydrogen-bond donors (Lipinski definition) is 0. The number of benzene rings is 14. The van der Waals surface area contributed by atoms with Crippen LogP contribution in [0.3, 0.4) is 0 Å². The predicted molar refractivity (Wildman–Crippen MR) is 396 cm³/mol. The van der Waals surface area contributed by atoms with Gasteiger partial charge in [0, 0.05) is 44.3 Å². The zero-order chi connectivity index (χ0) is 62.4. The van der Waals surface area contributed by atoms with Crippen molar-refractivity contribution in [2.75, 3.05) is 4.90 Å². The molecule has 440 valence electrons. The molecular weight excluding hydrogens is 1100 g/mol. The van der Waals surface area contributed by atoms with Gasteiger partial charge in [-0.2, -0.15) is 0 Å². The van der Waals surface area contributed by atoms with E-state index in [0.29, 0.717) is 0 Å². The zero-order valence-corrected chi connectivity index (χ0v) is 54.5. The molecule has 1 aromatic heterocycles. The van der Waals surface area contributed by atoms with E-state index in [1.54, 1.807) is 0 Å². The Morgan fingerprint density at radius 2 is 0.703 bits per heavy atom. The largest absolute Gasteiger partial charge is 0.311 e. The van der Waals surface area contributed by atoms with Crippen LogP contribution in [0.5, 0.6) is 0 Å². The van der Waals surface area contributed by atoms with Crippen molar-refractivity contribution in [1.29, 1.82) is 0 Å². The van der Waals surface area contributed by atoms with Gasteiger partial charge in [-0.1, -0.05) is 283 Å². The maximum absolute atomic E-state index is 2.75. The van der Waals surface area contributed by atoms with Crippen molar-refractivity contribution < 1.29 is 0 Å². The van der Waals surface area contributed by atoms with Crippen molar-refractivity contribution in [1.82, 2.24) is 4.57 Å². The smallest absolute Gasteiger partial charge is 0.252 e. The molecule has 0 spiro atoms. The first-order valence-electron chi connectivity index (χ1n) is 32.9. The van der Waals surface area contributed by atoms with Crippen molar-refractivity contribution >= 4 is 127 Å². The van der Waals surface area contributed by atoms with Crippen LogP contribution in [0.4, 0.5) is 17.1 Å². The van der Waals surface area contributed by atoms with Crippen LogP contribution in [-0.4, -0.2) is 11.3 Å². The van der Waals surface area contributed by atoms with Gasteiger partial charge in [0.1, 0.15) is 0 Å². The fraction of sp³-hybridized carbons (Fsp3) is 0.182. The molecular formula is C88H75BN2. The summed E-state index contributed by atoms with van der Waals surface area (Å²) in [6.45, 7) is 27.8. The Kier molecular flexibility index (Phi) is 11.8. The third-order valence-electron chi connectivity index (χ3n) is 20.8. The lowest BCUT2D eigenvalue weighted by Crippen LogP contribution is -2.60. The number of rotatable bonds is 4. The Morgan fingerprint density at radius 3 is 1.20 bits per heavy atom. The van der Waals surface area contributed by atoms with Crippen LogP contribution in [0.2, 0.25) is 0 Å². The molecule has 0 aliphatic carbocycles. The summed E-state index contributed by atoms with van der Waals surface area (Å²) in [5, 5.41) is 18.0. The van der Waals surface area contributed by atoms with E-state index in [4.69, 9.17) is 0 Å². The van der Waals surface area contributed by atoms with E-state index in [2.05, 4.69) is 329 Å². The van der Waals surface area contributed by atoms with E-state index in [1.165, 1.54) is 176 Å². The lowest BCUT2D eigenvalue weighted by atomic mass is 9.33. The van der Waals surface area contributed by atoms with Crippen LogP contribution in [0, 0.1) is 0 Å². The lowest BCUT2D eigenvalue weighted by molar-refractivity contribution is 0.590. The Morgan fingerprint density at radius 1 is 0.286 bits per heavy atom. The summed E-state index contributed by atoms with van der Waals surface area (Å²) < 4.78 is 2.75. The second-order valence-corrected chi connectivity index (χ2v) is 30.4. The minimum absolute atomic E-state index is 0.00473. The van der Waals surface area contributed by atoms with Gasteiger partial charge in [-0.25, -0.2) is 0 Å². The first kappa shape index (κ1) is 55.4. The first-order valence-corrected chi connectivity index (χ1v) is 32.9. The van der Waals surface area contributed by atoms with E-state index in [0.717, 1.165) is 5.69 Å². The number of anilines is 3. The number of aromatic nitrogens is 1. The number of fused-ring (bicyclic) bond motifs is 21. The summed E-state index contributed by atoms with van der Waals surface area (Å²) in [5.74, 6) is 0. The average Bonchev–Trinajstić information content (AvgIpc) is 1.52. The van der Waals surface area contributed by atoms with E-state index < -0.39 is 0 Å². The molecule has 0 N–H and O–H groups in total. The Labute approximate surface area is 535 Å². The fourth-order valence-electron chi connectivity index (χ4n) is 16.1. The van der Waals surface area contributed by atoms with Crippen LogP contribution in [0.25, 0.3) is 126 Å². The highest BCUT2D eigenvalue weighted by Crippen LogP contribution is 2.52. The van der Waals surface area contributed by atoms with Gasteiger partial charge in [-0.3, -0.25) is 0 Å². The van der Waals surface area contributed by atoms with Crippen molar-refractivity contribution in [2.45, 2.75) is 105 Å². The van der Waals surface area contributed by atoms with Crippen molar-refractivity contribution in [3.05, 3.63) is 259 Å². The molecule has 0 fully saturated rings. The second kappa shape index (κ2) is 19.4. The highest BCUT2D eigenvalue weighted by Gasteiger charge is 2.44. The van der Waals surface area contributed by atoms with Crippen molar-refractivity contribution in [3.8, 4) is 39.1 Å². The van der Waals surface area contributed by atoms with Crippen LogP contribution < -0.4 is 21.3 Å². The third kappa shape index (κ3) is 8.25. The molecule has 3 heterocycles. The Balaban J connectivity index is 1.11. The standard InChI is InChI=1S/C88H75BN2/c1-85(2,3)55-36-32-52(33-37-55)60-30-21-31-61(53-34-38-56(39-35-53)86(4,5)6)78(60)54-48-76-83-77(49-54)91-75-47-45-70-66-26-15-13-22-62(66)64-24-17-19-28-68(64)79(70)81(75)82-80-69-29-20-18-25-65(69)63-23-14-16-27-67(63)71(80)51-73(84(82)91)89(83)72-50-58(88(10,11)12)42-46-74(72)90(76)59-43-40-57(41-44-59)87(7,8)9/h13-51H,1-12H3. The molecule has 15 aromatic rings. The van der Waals surface area contributed by atoms with Crippen LogP contribution >= 0.6 is 0 Å². The zero-order valence-electron chi connectivity index (χ0n) is 54.5. The molecule has 2 aliphatic heterocycles. The van der Waals surface area contributed by atoms with E-state index in [9.17, 15) is 0 Å². The highest BCUT2D eigenvalue weighted by atomic mass is 15.2. The normalized spacial score (nSPS) is 13.5. The van der Waals surface area contributed by atoms with Crippen molar-refractivity contribution in [3.63, 3.8) is 0 Å². The molecule has 17 rings (SSSR count). The highest BCUT2D eigenvalue weighted by molar-refractivity contribution is 7.00. The summed E-state index contributed by atoms with van der Waals surface area (Å²) in [4.78, 5) is 2.64. The third-order valence-corrected chi connectivity index (χ3v) is 20.8. The molecule has 2 aliphatic rings. The van der Waals surface area contributed by atoms with Gasteiger partial charge in [0.05, 0.1) is 11.0 Å². The monoisotopic (exact) mass is 1170 g/mol. The number of nitrogens with zero attached hydrogens (tertiary/aromatic N) is 2. The second-order valence-electron chi connectivity index (χ2n) is 30.4. The quantitative estimate of drug-likeness (QED) is 0.126. The summed E-state index contributed by atoms with van der Waals surface area (Å²) in [6, 6.07) is 92.4. The van der Waals surface area contributed by atoms with Gasteiger partial charge in [0.15, 0.2) is 0 Å². The molecule has 0 atom stereocenters. The summed E-state index contributed by atoms with van der Waals surface area (Å²) in [6.07, 6.45) is 0. The molecule has 0 saturated heterocycles. The van der Waals surface area contributed by atoms with E-state index >= 15 is 0 Å². The van der Waals surface area contributed by atoms with E-state index in [-0.39, 0.29) is 28.4 Å². The van der Waals surface area contributed by atoms with Crippen molar-refractivity contribution in [2.24, 2.45) is 0 Å². The SMILES string of the molecule is CC(C)(C)c1ccc(-c2cccc(-c3ccc(C(C)(C)C)cc3)c2-c2cc3c4c(c2)-n2c5ccc6c7ccccc7c7ccccc7c6c5c5c6c7ccccc7c7ccccc7c6cc(c52)B4c2cc(C(C)(C)C)ccc2N3c2ccc(C(C)(C)C)cc2)cc1. The Hall–Kier alpha value is -9.70. The fourth-order valence-corrected chi connectivity index (χ4v) is 16.1. The minimum Gasteiger partial charge on any atom is -0.311 e. The maximum atomic E-state index is 2.75. The molecule has 0 saturated carbocycles. The maximum Gasteiger partial charge on any atom is 0.252 e. The molecule has 2 nitrogen and oxygen atoms in total. The Bertz CT molecular complexity index is 5480. The van der Waals surface area contributed by atoms with Gasteiger partial charge in [-0.05, 0) is 184 Å². The van der Waals surface area contributed by atoms with Gasteiger partial charge < -0.3 is 9.47 Å². The van der Waals surface area contributed by atoms with Crippen LogP contribution in [-0.2, 0) is 21.7 Å². The average molecular weight is 1170 g/mol. The topological polar surface area (TPSA) is 8.17 Å². The van der Waals surface area contributed by atoms with Crippen LogP contribution in [0.15, 0.2) is 237 Å². The molecule has 0 amide bonds. The molecule has 14 aromatic carbocycles. The molecule has 0 radical (unpaired) electrons. The van der Waals surface area contributed by atoms with Gasteiger partial charge in [0.2, 0.25) is 0 Å². The minimum atomic E-state index is -0.135. The van der Waals surface area contributed by atoms with Crippen LogP contribution in [0.1, 0.15) is 105 Å². The molecule has 0 unspecified atom stereocenters. The molecule has 0 bridgehead atoms. The lowest BCUT2D eigenvalue weighted by Gasteiger charge is -2.41. The summed E-state index contributed by atoms with van der Waals surface area (Å²) in [7, 11) is 0. The molecule has 3 heteroatoms. The van der Waals surface area contributed by atoms with Gasteiger partial charge in [-0.15, -0.1) is 0 Å². The predicted octanol–water partition coefficient (Wildman–Crippen LogP) is 22.5. The molecule has 91 heavy (non-hydrogen) atoms. The van der Waals surface area contributed by atoms with E-state index in [1.807, 2.05) is 0 Å². The van der Waals surface area contributed by atoms with Gasteiger partial charge in [0.25, 0.3) is 6.71 Å². The first-order chi connectivity index (χ1) is 43.7. The van der Waals surface area contributed by atoms with Gasteiger partial charge >= 0.3 is 0 Å². The summed E-state index contributed by atoms with van der Waals surface area (Å²) in [5.41, 5.74) is 23.6. The number of hydrogen-bond acceptors (Lipinski definition) is 1. The summed E-state index contributed by atoms with van der Waals surface area (Å²) >= 11 is 0.